The van der Waals surface area contributed by atoms with E-state index in [2.05, 4.69) is 0 Å². The molecule has 4 fully saturated rings. The fourth-order valence-electron chi connectivity index (χ4n) is 6.27. The van der Waals surface area contributed by atoms with Gasteiger partial charge in [-0.25, -0.2) is 10.1 Å². The molecule has 4 heterocycles. The summed E-state index contributed by atoms with van der Waals surface area (Å²) in [5.41, 5.74) is 3.03. The van der Waals surface area contributed by atoms with E-state index in [0.29, 0.717) is 0 Å². The fourth-order valence-corrected chi connectivity index (χ4v) is 6.27. The number of hydrogen-bond donors (Lipinski definition) is 0. The number of nitrogens with zero attached hydrogens (tertiary/aromatic N) is 4. The molecule has 0 radical (unpaired) electrons. The van der Waals surface area contributed by atoms with Crippen molar-refractivity contribution in [2.75, 3.05) is 24.2 Å². The molecular weight excluding hydrogens is 512 g/mol. The molecular formula is C30H26N4O6. The number of hydroxylamine groups is 2. The van der Waals surface area contributed by atoms with Gasteiger partial charge in [-0.05, 0) is 35.4 Å². The molecule has 202 valence electrons. The third kappa shape index (κ3) is 3.42. The normalized spacial score (nSPS) is 29.6. The maximum absolute atomic E-state index is 13.2. The molecule has 0 N–H and O–H groups in total. The molecule has 0 unspecified atom stereocenters. The van der Waals surface area contributed by atoms with Crippen LogP contribution in [0.4, 0.5) is 11.4 Å². The Labute approximate surface area is 230 Å². The van der Waals surface area contributed by atoms with Crippen LogP contribution in [-0.4, -0.2) is 59.7 Å². The highest BCUT2D eigenvalue weighted by Crippen LogP contribution is 2.49. The Balaban J connectivity index is 1.28. The highest BCUT2D eigenvalue weighted by molar-refractivity contribution is 6.08. The molecule has 10 nitrogen and oxygen atoms in total. The van der Waals surface area contributed by atoms with Crippen LogP contribution < -0.4 is 10.1 Å². The Bertz CT molecular complexity index is 1400. The van der Waals surface area contributed by atoms with Gasteiger partial charge in [0.05, 0.1) is 23.5 Å². The molecule has 4 saturated heterocycles. The molecule has 3 aromatic carbocycles. The molecule has 4 aliphatic rings. The summed E-state index contributed by atoms with van der Waals surface area (Å²) in [5.74, 6) is -2.71. The average molecular weight is 539 g/mol. The van der Waals surface area contributed by atoms with Crippen LogP contribution in [0.1, 0.15) is 23.2 Å². The maximum atomic E-state index is 13.2. The van der Waals surface area contributed by atoms with Crippen molar-refractivity contribution in [2.24, 2.45) is 11.8 Å². The van der Waals surface area contributed by atoms with Crippen molar-refractivity contribution >= 4 is 35.0 Å². The zero-order valence-electron chi connectivity index (χ0n) is 21.8. The summed E-state index contributed by atoms with van der Waals surface area (Å²) in [6, 6.07) is 25.2. The molecule has 3 aromatic rings. The Morgan fingerprint density at radius 3 is 1.20 bits per heavy atom. The highest BCUT2D eigenvalue weighted by atomic mass is 16.7. The number of hydrogen-bond acceptors (Lipinski definition) is 8. The summed E-state index contributed by atoms with van der Waals surface area (Å²) in [6.07, 6.45) is -1.81. The minimum Gasteiger partial charge on any atom is -0.283 e. The van der Waals surface area contributed by atoms with Crippen molar-refractivity contribution in [1.82, 2.24) is 9.80 Å². The quantitative estimate of drug-likeness (QED) is 0.468. The first-order chi connectivity index (χ1) is 19.4. The van der Waals surface area contributed by atoms with Crippen LogP contribution in [0.15, 0.2) is 84.9 Å². The van der Waals surface area contributed by atoms with E-state index in [1.807, 2.05) is 84.9 Å². The van der Waals surface area contributed by atoms with E-state index in [-0.39, 0.29) is 23.6 Å². The number of amides is 4. The standard InChI is InChI=1S/C30H26N4O6/c1-31-27(35)21-23(33(39-25(21)29(31)37)19-9-5-3-6-10-19)17-13-15-18(16-14-17)24-22-26(30(38)32(2)28(22)36)40-34(24)20-11-7-4-8-12-20/h3-16,21-26H,1-2H3/t21-,22-,23-,24-,25+,26+/m1/s1. The van der Waals surface area contributed by atoms with Crippen molar-refractivity contribution in [3.05, 3.63) is 96.1 Å². The topological polar surface area (TPSA) is 99.7 Å². The van der Waals surface area contributed by atoms with Crippen molar-refractivity contribution in [3.63, 3.8) is 0 Å². The molecule has 4 aliphatic heterocycles. The summed E-state index contributed by atoms with van der Waals surface area (Å²) >= 11 is 0. The zero-order valence-corrected chi connectivity index (χ0v) is 21.8. The molecule has 10 heteroatoms. The van der Waals surface area contributed by atoms with E-state index in [0.717, 1.165) is 32.3 Å². The second-order valence-electron chi connectivity index (χ2n) is 10.5. The Kier molecular flexibility index (Phi) is 5.51. The number of fused-ring (bicyclic) bond motifs is 2. The van der Waals surface area contributed by atoms with Crippen LogP contribution in [0.3, 0.4) is 0 Å². The van der Waals surface area contributed by atoms with Gasteiger partial charge in [0.1, 0.15) is 11.8 Å². The lowest BCUT2D eigenvalue weighted by molar-refractivity contribution is -0.142. The van der Waals surface area contributed by atoms with Crippen molar-refractivity contribution < 1.29 is 28.9 Å². The summed E-state index contributed by atoms with van der Waals surface area (Å²) in [5, 5.41) is 3.29. The molecule has 0 aromatic heterocycles. The number of rotatable bonds is 4. The summed E-state index contributed by atoms with van der Waals surface area (Å²) < 4.78 is 0. The molecule has 0 bridgehead atoms. The molecule has 6 atom stereocenters. The molecule has 0 aliphatic carbocycles. The summed E-state index contributed by atoms with van der Waals surface area (Å²) in [6.45, 7) is 0. The van der Waals surface area contributed by atoms with Crippen LogP contribution in [0.25, 0.3) is 0 Å². The number of anilines is 2. The van der Waals surface area contributed by atoms with Gasteiger partial charge in [0.15, 0.2) is 12.2 Å². The summed E-state index contributed by atoms with van der Waals surface area (Å²) in [4.78, 5) is 66.4. The second kappa shape index (κ2) is 9.00. The lowest BCUT2D eigenvalue weighted by atomic mass is 9.87. The van der Waals surface area contributed by atoms with Gasteiger partial charge in [-0.1, -0.05) is 60.7 Å². The van der Waals surface area contributed by atoms with Gasteiger partial charge in [-0.15, -0.1) is 0 Å². The van der Waals surface area contributed by atoms with Gasteiger partial charge in [0.25, 0.3) is 11.8 Å². The Hall–Kier alpha value is -4.54. The van der Waals surface area contributed by atoms with Crippen LogP contribution in [-0.2, 0) is 28.9 Å². The van der Waals surface area contributed by atoms with E-state index in [9.17, 15) is 19.2 Å². The molecule has 0 spiro atoms. The number of carbonyl (C=O) groups excluding carboxylic acids is 4. The van der Waals surface area contributed by atoms with Crippen LogP contribution in [0, 0.1) is 11.8 Å². The van der Waals surface area contributed by atoms with Gasteiger partial charge >= 0.3 is 0 Å². The number of benzene rings is 3. The molecule has 7 rings (SSSR count). The lowest BCUT2D eigenvalue weighted by Gasteiger charge is -2.30. The largest absolute Gasteiger partial charge is 0.283 e. The van der Waals surface area contributed by atoms with Gasteiger partial charge in [0, 0.05) is 14.1 Å². The maximum Gasteiger partial charge on any atom is 0.261 e. The SMILES string of the molecule is CN1C(=O)[C@H]2[C@H](ON(c3ccccc3)[C@@H]2c2ccc([C@@H]3[C@H]4C(=O)N(C)C(=O)[C@H]4ON3c3ccccc3)cc2)C1=O. The molecule has 40 heavy (non-hydrogen) atoms. The van der Waals surface area contributed by atoms with Gasteiger partial charge in [-0.3, -0.25) is 38.7 Å². The van der Waals surface area contributed by atoms with Gasteiger partial charge < -0.3 is 0 Å². The minimum atomic E-state index is -0.905. The van der Waals surface area contributed by atoms with Gasteiger partial charge in [0.2, 0.25) is 11.8 Å². The number of imide groups is 2. The molecule has 0 saturated carbocycles. The first-order valence-electron chi connectivity index (χ1n) is 13.1. The predicted octanol–water partition coefficient (Wildman–Crippen LogP) is 2.64. The minimum absolute atomic E-state index is 0.289. The number of likely N-dealkylation sites (tertiary alicyclic amines) is 2. The van der Waals surface area contributed by atoms with Crippen LogP contribution in [0.5, 0.6) is 0 Å². The van der Waals surface area contributed by atoms with Crippen molar-refractivity contribution in [1.29, 1.82) is 0 Å². The van der Waals surface area contributed by atoms with Crippen molar-refractivity contribution in [3.8, 4) is 0 Å². The predicted molar refractivity (Wildman–Crippen MR) is 142 cm³/mol. The number of carbonyl (C=O) groups is 4. The van der Waals surface area contributed by atoms with Crippen LogP contribution in [0.2, 0.25) is 0 Å². The Morgan fingerprint density at radius 1 is 0.500 bits per heavy atom. The zero-order chi connectivity index (χ0) is 27.7. The van der Waals surface area contributed by atoms with E-state index in [1.54, 1.807) is 10.1 Å². The van der Waals surface area contributed by atoms with E-state index < -0.39 is 36.1 Å². The van der Waals surface area contributed by atoms with E-state index in [1.165, 1.54) is 14.1 Å². The van der Waals surface area contributed by atoms with Gasteiger partial charge in [-0.2, -0.15) is 0 Å². The van der Waals surface area contributed by atoms with Crippen molar-refractivity contribution in [2.45, 2.75) is 24.3 Å². The smallest absolute Gasteiger partial charge is 0.261 e. The van der Waals surface area contributed by atoms with E-state index in [4.69, 9.17) is 9.68 Å². The summed E-state index contributed by atoms with van der Waals surface area (Å²) in [7, 11) is 2.95. The highest BCUT2D eigenvalue weighted by Gasteiger charge is 2.60. The second-order valence-corrected chi connectivity index (χ2v) is 10.5. The first kappa shape index (κ1) is 24.5. The fraction of sp³-hybridized carbons (Fsp3) is 0.267. The molecule has 4 amide bonds. The van der Waals surface area contributed by atoms with E-state index >= 15 is 0 Å². The monoisotopic (exact) mass is 538 g/mol. The average Bonchev–Trinajstić information content (AvgIpc) is 3.69. The lowest BCUT2D eigenvalue weighted by Crippen LogP contribution is -2.35. The third-order valence-electron chi connectivity index (χ3n) is 8.31. The first-order valence-corrected chi connectivity index (χ1v) is 13.1. The number of para-hydroxylation sites is 2. The third-order valence-corrected chi connectivity index (χ3v) is 8.31. The Morgan fingerprint density at radius 2 is 0.850 bits per heavy atom. The van der Waals surface area contributed by atoms with Crippen LogP contribution >= 0.6 is 0 Å². The number of likely N-dealkylation sites (N-methyl/N-ethyl adjacent to an activating group) is 2.